The van der Waals surface area contributed by atoms with Crippen LogP contribution >= 0.6 is 11.3 Å². The molecule has 3 heteroatoms. The average molecular weight is 206 g/mol. The molecule has 0 aliphatic heterocycles. The fourth-order valence-electron chi connectivity index (χ4n) is 1.56. The van der Waals surface area contributed by atoms with Crippen molar-refractivity contribution < 1.29 is 0 Å². The molecule has 0 radical (unpaired) electrons. The lowest BCUT2D eigenvalue weighted by Crippen LogP contribution is -2.11. The Morgan fingerprint density at radius 2 is 2.29 bits per heavy atom. The number of hydrogen-bond donors (Lipinski definition) is 1. The van der Waals surface area contributed by atoms with Crippen LogP contribution in [0.3, 0.4) is 0 Å². The number of nitrogens with two attached hydrogens (primary N) is 1. The summed E-state index contributed by atoms with van der Waals surface area (Å²) in [7, 11) is 0. The first kappa shape index (κ1) is 9.49. The molecular formula is C11H14N2S. The smallest absolute Gasteiger partial charge is 0.0566 e. The predicted molar refractivity (Wildman–Crippen MR) is 60.5 cm³/mol. The van der Waals surface area contributed by atoms with Crippen LogP contribution in [0.2, 0.25) is 0 Å². The van der Waals surface area contributed by atoms with E-state index in [4.69, 9.17) is 5.73 Å². The van der Waals surface area contributed by atoms with E-state index in [1.54, 1.807) is 11.3 Å². The van der Waals surface area contributed by atoms with Crippen molar-refractivity contribution in [3.63, 3.8) is 0 Å². The van der Waals surface area contributed by atoms with Crippen LogP contribution in [0.15, 0.2) is 35.8 Å². The van der Waals surface area contributed by atoms with Gasteiger partial charge in [-0.1, -0.05) is 6.07 Å². The van der Waals surface area contributed by atoms with E-state index in [1.807, 2.05) is 13.0 Å². The summed E-state index contributed by atoms with van der Waals surface area (Å²) in [6.07, 6.45) is 2.08. The topological polar surface area (TPSA) is 30.9 Å². The highest BCUT2D eigenvalue weighted by molar-refractivity contribution is 7.09. The molecule has 2 nitrogen and oxygen atoms in total. The van der Waals surface area contributed by atoms with Gasteiger partial charge in [0.1, 0.15) is 0 Å². The Hall–Kier alpha value is -1.06. The number of thiophene rings is 1. The van der Waals surface area contributed by atoms with Crippen molar-refractivity contribution in [3.05, 3.63) is 46.4 Å². The van der Waals surface area contributed by atoms with Gasteiger partial charge in [0.15, 0.2) is 0 Å². The van der Waals surface area contributed by atoms with E-state index < -0.39 is 0 Å². The third-order valence-electron chi connectivity index (χ3n) is 2.24. The summed E-state index contributed by atoms with van der Waals surface area (Å²) >= 11 is 1.78. The minimum absolute atomic E-state index is 0.102. The molecule has 0 aliphatic rings. The zero-order valence-electron chi connectivity index (χ0n) is 8.18. The molecule has 2 N–H and O–H groups in total. The van der Waals surface area contributed by atoms with Crippen molar-refractivity contribution in [1.29, 1.82) is 0 Å². The van der Waals surface area contributed by atoms with Gasteiger partial charge in [-0.3, -0.25) is 0 Å². The molecule has 0 saturated carbocycles. The van der Waals surface area contributed by atoms with Crippen LogP contribution in [-0.2, 0) is 6.54 Å². The Bertz CT molecular complexity index is 387. The fourth-order valence-corrected chi connectivity index (χ4v) is 2.26. The third kappa shape index (κ3) is 1.89. The number of nitrogens with zero attached hydrogens (tertiary/aromatic N) is 1. The number of aromatic nitrogens is 1. The second kappa shape index (κ2) is 3.98. The van der Waals surface area contributed by atoms with Gasteiger partial charge in [0.05, 0.1) is 6.54 Å². The molecule has 2 aromatic heterocycles. The molecule has 14 heavy (non-hydrogen) atoms. The molecule has 0 fully saturated rings. The monoisotopic (exact) mass is 206 g/mol. The zero-order valence-corrected chi connectivity index (χ0v) is 9.00. The molecule has 0 aliphatic carbocycles. The van der Waals surface area contributed by atoms with Gasteiger partial charge in [0, 0.05) is 22.8 Å². The van der Waals surface area contributed by atoms with E-state index >= 15 is 0 Å². The number of rotatable bonds is 3. The predicted octanol–water partition coefficient (Wildman–Crippen LogP) is 2.62. The molecule has 2 rings (SSSR count). The lowest BCUT2D eigenvalue weighted by Gasteiger charge is -2.10. The molecule has 2 aromatic rings. The lowest BCUT2D eigenvalue weighted by molar-refractivity contribution is 0.680. The van der Waals surface area contributed by atoms with Gasteiger partial charge in [0.2, 0.25) is 0 Å². The highest BCUT2D eigenvalue weighted by Gasteiger charge is 2.05. The fraction of sp³-hybridized carbons (Fsp3) is 0.273. The van der Waals surface area contributed by atoms with Gasteiger partial charge < -0.3 is 10.3 Å². The highest BCUT2D eigenvalue weighted by Crippen LogP contribution is 2.15. The quantitative estimate of drug-likeness (QED) is 0.822. The van der Waals surface area contributed by atoms with Crippen molar-refractivity contribution in [2.75, 3.05) is 0 Å². The maximum Gasteiger partial charge on any atom is 0.0566 e. The maximum absolute atomic E-state index is 5.87. The minimum atomic E-state index is 0.102. The Morgan fingerprint density at radius 1 is 1.43 bits per heavy atom. The first-order valence-corrected chi connectivity index (χ1v) is 5.58. The maximum atomic E-state index is 5.87. The van der Waals surface area contributed by atoms with Crippen LogP contribution in [0.25, 0.3) is 0 Å². The minimum Gasteiger partial charge on any atom is -0.345 e. The van der Waals surface area contributed by atoms with E-state index in [0.29, 0.717) is 0 Å². The molecule has 1 atom stereocenters. The van der Waals surface area contributed by atoms with Crippen molar-refractivity contribution in [2.24, 2.45) is 5.73 Å². The molecule has 0 aromatic carbocycles. The van der Waals surface area contributed by atoms with E-state index in [-0.39, 0.29) is 6.04 Å². The summed E-state index contributed by atoms with van der Waals surface area (Å²) in [5, 5.41) is 2.10. The second-order valence-corrected chi connectivity index (χ2v) is 4.46. The molecule has 0 spiro atoms. The van der Waals surface area contributed by atoms with Crippen molar-refractivity contribution >= 4 is 11.3 Å². The molecule has 2 heterocycles. The van der Waals surface area contributed by atoms with Gasteiger partial charge in [0.25, 0.3) is 0 Å². The van der Waals surface area contributed by atoms with Crippen molar-refractivity contribution in [2.45, 2.75) is 19.5 Å². The largest absolute Gasteiger partial charge is 0.345 e. The first-order valence-electron chi connectivity index (χ1n) is 4.70. The highest BCUT2D eigenvalue weighted by atomic mass is 32.1. The van der Waals surface area contributed by atoms with Crippen LogP contribution in [0.1, 0.15) is 23.5 Å². The van der Waals surface area contributed by atoms with Crippen LogP contribution in [0.4, 0.5) is 0 Å². The van der Waals surface area contributed by atoms with Gasteiger partial charge >= 0.3 is 0 Å². The summed E-state index contributed by atoms with van der Waals surface area (Å²) in [6, 6.07) is 8.46. The lowest BCUT2D eigenvalue weighted by atomic mass is 10.2. The van der Waals surface area contributed by atoms with E-state index in [2.05, 4.69) is 34.3 Å². The van der Waals surface area contributed by atoms with Crippen molar-refractivity contribution in [3.8, 4) is 0 Å². The molecular weight excluding hydrogens is 192 g/mol. The Balaban J connectivity index is 2.21. The summed E-state index contributed by atoms with van der Waals surface area (Å²) < 4.78 is 2.20. The Labute approximate surface area is 88.0 Å². The number of hydrogen-bond acceptors (Lipinski definition) is 2. The van der Waals surface area contributed by atoms with Gasteiger partial charge in [-0.2, -0.15) is 0 Å². The van der Waals surface area contributed by atoms with E-state index in [0.717, 1.165) is 6.54 Å². The summed E-state index contributed by atoms with van der Waals surface area (Å²) in [4.78, 5) is 1.36. The average Bonchev–Trinajstić information content (AvgIpc) is 2.75. The van der Waals surface area contributed by atoms with Gasteiger partial charge in [-0.25, -0.2) is 0 Å². The summed E-state index contributed by atoms with van der Waals surface area (Å²) in [5.74, 6) is 0. The van der Waals surface area contributed by atoms with Crippen LogP contribution in [0, 0.1) is 0 Å². The molecule has 74 valence electrons. The summed E-state index contributed by atoms with van der Waals surface area (Å²) in [6.45, 7) is 2.95. The first-order chi connectivity index (χ1) is 6.77. The van der Waals surface area contributed by atoms with Crippen molar-refractivity contribution in [1.82, 2.24) is 4.57 Å². The standard InChI is InChI=1S/C11H14N2S/c1-9(12)11-5-2-6-13(11)8-10-4-3-7-14-10/h2-7,9H,8,12H2,1H3. The SMILES string of the molecule is CC(N)c1cccn1Cc1cccs1. The molecule has 1 unspecified atom stereocenters. The van der Waals surface area contributed by atoms with Gasteiger partial charge in [-0.15, -0.1) is 11.3 Å². The van der Waals surface area contributed by atoms with Crippen LogP contribution < -0.4 is 5.73 Å². The van der Waals surface area contributed by atoms with Crippen LogP contribution in [-0.4, -0.2) is 4.57 Å². The third-order valence-corrected chi connectivity index (χ3v) is 3.10. The normalized spacial score (nSPS) is 13.0. The molecule has 0 amide bonds. The van der Waals surface area contributed by atoms with E-state index in [1.165, 1.54) is 10.6 Å². The second-order valence-electron chi connectivity index (χ2n) is 3.43. The molecule has 0 bridgehead atoms. The Morgan fingerprint density at radius 3 is 2.93 bits per heavy atom. The zero-order chi connectivity index (χ0) is 9.97. The van der Waals surface area contributed by atoms with Crippen LogP contribution in [0.5, 0.6) is 0 Å². The summed E-state index contributed by atoms with van der Waals surface area (Å²) in [5.41, 5.74) is 7.06. The Kier molecular flexibility index (Phi) is 2.70. The van der Waals surface area contributed by atoms with E-state index in [9.17, 15) is 0 Å². The molecule has 0 saturated heterocycles. The van der Waals surface area contributed by atoms with Gasteiger partial charge in [-0.05, 0) is 30.5 Å².